The van der Waals surface area contributed by atoms with Gasteiger partial charge in [0.2, 0.25) is 0 Å². The molecule has 3 radical (unpaired) electrons. The molecule has 6 heteroatoms. The molecule has 0 spiro atoms. The van der Waals surface area contributed by atoms with Gasteiger partial charge in [-0.1, -0.05) is 24.1 Å². The van der Waals surface area contributed by atoms with E-state index in [2.05, 4.69) is 47.9 Å². The Morgan fingerprint density at radius 1 is 0.793 bits per heavy atom. The van der Waals surface area contributed by atoms with Crippen LogP contribution in [0.3, 0.4) is 0 Å². The molecule has 155 valence electrons. The van der Waals surface area contributed by atoms with E-state index in [4.69, 9.17) is 14.0 Å². The number of ether oxygens (including phenoxy) is 1. The summed E-state index contributed by atoms with van der Waals surface area (Å²) in [5.41, 5.74) is 6.47. The number of allylic oxidation sites excluding steroid dienone is 4. The van der Waals surface area contributed by atoms with E-state index < -0.39 is 0 Å². The Hall–Kier alpha value is -0.943. The zero-order valence-corrected chi connectivity index (χ0v) is 20.7. The molecule has 0 heterocycles. The standard InChI is InChI=1S/C10H15.C7H5O.C4H10O.2CO.Li.Tc/c1-6-7(2)9(4)10(5)8(6)3;8-6-7-4-2-1-3-5-7;1-3-5-4-2;2*1-2;;/h1-5H3;1-5H;3-4H2,1-2H3;;;;/q;-1;;;;;. The van der Waals surface area contributed by atoms with Crippen LogP contribution in [0.25, 0.3) is 0 Å². The molecule has 0 aliphatic heterocycles. The van der Waals surface area contributed by atoms with Gasteiger partial charge >= 0.3 is 22.6 Å². The fourth-order valence-electron chi connectivity index (χ4n) is 2.12. The Morgan fingerprint density at radius 2 is 1.14 bits per heavy atom. The summed E-state index contributed by atoms with van der Waals surface area (Å²) in [6, 6.07) is 8.90. The van der Waals surface area contributed by atoms with Gasteiger partial charge in [0, 0.05) is 58.1 Å². The zero-order chi connectivity index (χ0) is 21.8. The smallest absolute Gasteiger partial charge is 0 e. The van der Waals surface area contributed by atoms with Crippen molar-refractivity contribution >= 4 is 25.1 Å². The maximum atomic E-state index is 9.88. The molecule has 1 aromatic rings. The summed E-state index contributed by atoms with van der Waals surface area (Å²) >= 11 is 0. The Labute approximate surface area is 202 Å². The molecule has 29 heavy (non-hydrogen) atoms. The van der Waals surface area contributed by atoms with Crippen LogP contribution in [0.1, 0.15) is 54.0 Å². The van der Waals surface area contributed by atoms with Crippen LogP contribution in [0, 0.1) is 19.2 Å². The molecule has 1 aliphatic rings. The topological polar surface area (TPSA) is 66.1 Å². The average Bonchev–Trinajstić information content (AvgIpc) is 2.91. The number of hydrogen-bond donors (Lipinski definition) is 0. The Balaban J connectivity index is -0.0000000918. The molecular weight excluding hydrogens is 445 g/mol. The van der Waals surface area contributed by atoms with Crippen LogP contribution >= 0.6 is 0 Å². The van der Waals surface area contributed by atoms with Crippen LogP contribution < -0.4 is 0 Å². The van der Waals surface area contributed by atoms with E-state index >= 15 is 0 Å². The van der Waals surface area contributed by atoms with Gasteiger partial charge in [0.05, 0.1) is 6.29 Å². The molecule has 1 aliphatic carbocycles. The first-order valence-electron chi connectivity index (χ1n) is 8.51. The second kappa shape index (κ2) is 27.1. The summed E-state index contributed by atoms with van der Waals surface area (Å²) in [7, 11) is 0. The first-order chi connectivity index (χ1) is 12.9. The van der Waals surface area contributed by atoms with Crippen molar-refractivity contribution < 1.29 is 38.9 Å². The van der Waals surface area contributed by atoms with Gasteiger partial charge in [-0.2, -0.15) is 17.7 Å². The largest absolute Gasteiger partial charge is 0 e. The van der Waals surface area contributed by atoms with Gasteiger partial charge in [0.1, 0.15) is 0 Å². The first-order valence-corrected chi connectivity index (χ1v) is 8.51. The molecule has 1 aromatic carbocycles. The zero-order valence-electron chi connectivity index (χ0n) is 18.8. The van der Waals surface area contributed by atoms with Crippen molar-refractivity contribution in [1.82, 2.24) is 0 Å². The first kappa shape index (κ1) is 38.6. The van der Waals surface area contributed by atoms with Gasteiger partial charge in [-0.15, -0.1) is 12.1 Å². The Bertz CT molecular complexity index is 588. The SMILES string of the molecule is CCOCC.C[C]1C(C)=C(C)C(C)=C1C.O=[C-]c1ccccc1.[C-]#[O+].[C-]#[O+].[Li].[Tc]. The van der Waals surface area contributed by atoms with Crippen LogP contribution in [0.15, 0.2) is 52.6 Å². The van der Waals surface area contributed by atoms with Gasteiger partial charge in [-0.25, -0.2) is 0 Å². The molecule has 4 nitrogen and oxygen atoms in total. The molecular formula is C23H30LiO4Tc-. The van der Waals surface area contributed by atoms with Crippen molar-refractivity contribution in [1.29, 1.82) is 0 Å². The summed E-state index contributed by atoms with van der Waals surface area (Å²) in [4.78, 5) is 9.88. The normalized spacial score (nSPS) is 11.3. The fraction of sp³-hybridized carbons (Fsp3) is 0.391. The monoisotopic (exact) mass is 474 g/mol. The van der Waals surface area contributed by atoms with Crippen molar-refractivity contribution in [2.75, 3.05) is 13.2 Å². The van der Waals surface area contributed by atoms with Crippen molar-refractivity contribution in [3.8, 4) is 0 Å². The van der Waals surface area contributed by atoms with Crippen molar-refractivity contribution in [2.24, 2.45) is 0 Å². The summed E-state index contributed by atoms with van der Waals surface area (Å²) in [6.07, 6.45) is 1.78. The minimum atomic E-state index is 0. The molecule has 0 saturated heterocycles. The molecule has 0 atom stereocenters. The van der Waals surface area contributed by atoms with E-state index in [-0.39, 0.29) is 39.0 Å². The van der Waals surface area contributed by atoms with E-state index in [1.807, 2.05) is 19.9 Å². The fourth-order valence-corrected chi connectivity index (χ4v) is 2.12. The molecule has 0 fully saturated rings. The van der Waals surface area contributed by atoms with Crippen molar-refractivity contribution in [2.45, 2.75) is 48.5 Å². The maximum Gasteiger partial charge on any atom is 0 e. The van der Waals surface area contributed by atoms with Crippen molar-refractivity contribution in [3.05, 3.63) is 77.4 Å². The van der Waals surface area contributed by atoms with Crippen LogP contribution in [-0.4, -0.2) is 38.4 Å². The van der Waals surface area contributed by atoms with Crippen LogP contribution in [0.2, 0.25) is 0 Å². The third-order valence-electron chi connectivity index (χ3n) is 4.11. The van der Waals surface area contributed by atoms with E-state index in [9.17, 15) is 4.79 Å². The minimum Gasteiger partial charge on any atom is 0 e. The Kier molecular flexibility index (Phi) is 36.0. The summed E-state index contributed by atoms with van der Waals surface area (Å²) in [5.74, 6) is 1.47. The predicted molar refractivity (Wildman–Crippen MR) is 113 cm³/mol. The van der Waals surface area contributed by atoms with Gasteiger partial charge in [-0.3, -0.25) is 0 Å². The van der Waals surface area contributed by atoms with Gasteiger partial charge in [-0.05, 0) is 52.7 Å². The second-order valence-corrected chi connectivity index (χ2v) is 5.37. The van der Waals surface area contributed by atoms with Crippen molar-refractivity contribution in [3.63, 3.8) is 0 Å². The predicted octanol–water partition coefficient (Wildman–Crippen LogP) is 5.00. The summed E-state index contributed by atoms with van der Waals surface area (Å²) in [5, 5.41) is 0. The van der Waals surface area contributed by atoms with E-state index in [0.29, 0.717) is 5.56 Å². The number of rotatable bonds is 3. The van der Waals surface area contributed by atoms with Gasteiger partial charge in [0.25, 0.3) is 0 Å². The summed E-state index contributed by atoms with van der Waals surface area (Å²) < 4.78 is 19.8. The minimum absolute atomic E-state index is 0. The summed E-state index contributed by atoms with van der Waals surface area (Å²) in [6.45, 7) is 25.7. The molecule has 0 unspecified atom stereocenters. The Morgan fingerprint density at radius 3 is 1.28 bits per heavy atom. The maximum absolute atomic E-state index is 9.88. The molecule has 0 bridgehead atoms. The average molecular weight is 475 g/mol. The molecule has 2 rings (SSSR count). The third kappa shape index (κ3) is 17.6. The molecule has 0 amide bonds. The van der Waals surface area contributed by atoms with E-state index in [1.165, 1.54) is 28.2 Å². The number of carbonyl (C=O) groups excluding carboxylic acids is 1. The van der Waals surface area contributed by atoms with Gasteiger partial charge < -0.3 is 9.53 Å². The van der Waals surface area contributed by atoms with Gasteiger partial charge in [0.15, 0.2) is 0 Å². The third-order valence-corrected chi connectivity index (χ3v) is 4.11. The van der Waals surface area contributed by atoms with Crippen LogP contribution in [-0.2, 0) is 38.9 Å². The quantitative estimate of drug-likeness (QED) is 0.351. The molecule has 0 saturated carbocycles. The number of hydrogen-bond acceptors (Lipinski definition) is 2. The van der Waals surface area contributed by atoms with Crippen LogP contribution in [0.5, 0.6) is 0 Å². The van der Waals surface area contributed by atoms with E-state index in [0.717, 1.165) is 13.2 Å². The molecule has 0 N–H and O–H groups in total. The van der Waals surface area contributed by atoms with E-state index in [1.54, 1.807) is 30.6 Å². The van der Waals surface area contributed by atoms with Crippen LogP contribution in [0.4, 0.5) is 0 Å². The second-order valence-electron chi connectivity index (χ2n) is 5.37. The molecule has 0 aromatic heterocycles. The number of benzene rings is 1.